The van der Waals surface area contributed by atoms with Crippen LogP contribution in [0.5, 0.6) is 0 Å². The van der Waals surface area contributed by atoms with Gasteiger partial charge in [0.15, 0.2) is 0 Å². The van der Waals surface area contributed by atoms with Gasteiger partial charge in [-0.05, 0) is 12.5 Å². The van der Waals surface area contributed by atoms with Gasteiger partial charge in [-0.1, -0.05) is 78.1 Å². The van der Waals surface area contributed by atoms with Gasteiger partial charge in [-0.15, -0.1) is 11.7 Å². The number of allylic oxidation sites excluding steroid dienone is 1. The first-order valence-corrected chi connectivity index (χ1v) is 10.0. The number of hydrogen-bond donors (Lipinski definition) is 1. The average Bonchev–Trinajstić information content (AvgIpc) is 3.06. The summed E-state index contributed by atoms with van der Waals surface area (Å²) in [7, 11) is 0. The number of benzene rings is 2. The third-order valence-corrected chi connectivity index (χ3v) is 4.89. The van der Waals surface area contributed by atoms with Crippen LogP contribution in [0.2, 0.25) is 0 Å². The number of nitrogens with zero attached hydrogens (tertiary/aromatic N) is 3. The van der Waals surface area contributed by atoms with Crippen LogP contribution in [0.1, 0.15) is 12.5 Å². The minimum atomic E-state index is -0.504. The standard InChI is InChI=1S/C22H22N4O2S/c1-3-15-26-19(18-13-9-6-10-14-18)20(24-22(27)28-4-2)29-21(26)25-23-16-17-11-7-5-8-12-17/h3,5-14,16H,1,4,15H2,2H3,(H,24,27)/b23-16-,25-21+. The maximum Gasteiger partial charge on any atom is 0.412 e. The third-order valence-electron chi connectivity index (χ3n) is 3.91. The monoisotopic (exact) mass is 406 g/mol. The molecule has 2 aromatic carbocycles. The highest BCUT2D eigenvalue weighted by atomic mass is 32.1. The average molecular weight is 407 g/mol. The Hall–Kier alpha value is -3.45. The second-order valence-corrected chi connectivity index (χ2v) is 6.91. The first-order valence-electron chi connectivity index (χ1n) is 9.18. The van der Waals surface area contributed by atoms with E-state index in [9.17, 15) is 4.79 Å². The van der Waals surface area contributed by atoms with E-state index < -0.39 is 6.09 Å². The van der Waals surface area contributed by atoms with E-state index in [4.69, 9.17) is 4.74 Å². The number of carbonyl (C=O) groups excluding carboxylic acids is 1. The molecule has 0 saturated carbocycles. The molecule has 0 bridgehead atoms. The molecule has 1 aromatic heterocycles. The van der Waals surface area contributed by atoms with Crippen molar-refractivity contribution >= 4 is 28.6 Å². The lowest BCUT2D eigenvalue weighted by Gasteiger charge is -2.10. The van der Waals surface area contributed by atoms with E-state index in [0.717, 1.165) is 16.8 Å². The maximum atomic E-state index is 12.1. The van der Waals surface area contributed by atoms with Crippen molar-refractivity contribution < 1.29 is 9.53 Å². The minimum absolute atomic E-state index is 0.295. The summed E-state index contributed by atoms with van der Waals surface area (Å²) < 4.78 is 7.02. The Morgan fingerprint density at radius 2 is 1.86 bits per heavy atom. The van der Waals surface area contributed by atoms with Crippen molar-refractivity contribution in [2.24, 2.45) is 10.2 Å². The van der Waals surface area contributed by atoms with Gasteiger partial charge in [0.25, 0.3) is 0 Å². The number of anilines is 1. The summed E-state index contributed by atoms with van der Waals surface area (Å²) in [5.41, 5.74) is 2.74. The van der Waals surface area contributed by atoms with Crippen molar-refractivity contribution in [1.29, 1.82) is 0 Å². The van der Waals surface area contributed by atoms with Crippen LogP contribution in [-0.4, -0.2) is 23.5 Å². The number of thiazole rings is 1. The lowest BCUT2D eigenvalue weighted by Crippen LogP contribution is -2.15. The molecule has 1 amide bonds. The zero-order valence-corrected chi connectivity index (χ0v) is 16.9. The molecular weight excluding hydrogens is 384 g/mol. The van der Waals surface area contributed by atoms with E-state index >= 15 is 0 Å². The van der Waals surface area contributed by atoms with E-state index in [1.807, 2.05) is 65.2 Å². The van der Waals surface area contributed by atoms with Crippen LogP contribution in [0.4, 0.5) is 9.80 Å². The van der Waals surface area contributed by atoms with E-state index in [0.29, 0.717) is 23.0 Å². The van der Waals surface area contributed by atoms with Crippen molar-refractivity contribution in [3.63, 3.8) is 0 Å². The molecule has 29 heavy (non-hydrogen) atoms. The van der Waals surface area contributed by atoms with E-state index in [1.54, 1.807) is 19.2 Å². The van der Waals surface area contributed by atoms with E-state index in [-0.39, 0.29) is 0 Å². The second kappa shape index (κ2) is 10.2. The number of rotatable bonds is 7. The molecule has 0 saturated heterocycles. The quantitative estimate of drug-likeness (QED) is 0.344. The maximum absolute atomic E-state index is 12.1. The number of ether oxygens (including phenoxy) is 1. The molecule has 0 aliphatic heterocycles. The van der Waals surface area contributed by atoms with Crippen molar-refractivity contribution in [3.8, 4) is 11.3 Å². The number of nitrogens with one attached hydrogen (secondary N) is 1. The molecule has 3 aromatic rings. The number of amides is 1. The number of carbonyl (C=O) groups is 1. The summed E-state index contributed by atoms with van der Waals surface area (Å²) >= 11 is 1.33. The molecule has 0 unspecified atom stereocenters. The summed E-state index contributed by atoms with van der Waals surface area (Å²) in [5.74, 6) is 0. The fraction of sp³-hybridized carbons (Fsp3) is 0.136. The molecule has 0 atom stereocenters. The molecule has 0 radical (unpaired) electrons. The molecule has 0 aliphatic rings. The summed E-state index contributed by atoms with van der Waals surface area (Å²) in [4.78, 5) is 12.7. The lowest BCUT2D eigenvalue weighted by molar-refractivity contribution is 0.168. The highest BCUT2D eigenvalue weighted by molar-refractivity contribution is 7.14. The van der Waals surface area contributed by atoms with Gasteiger partial charge in [-0.25, -0.2) is 4.79 Å². The predicted molar refractivity (Wildman–Crippen MR) is 118 cm³/mol. The molecule has 3 rings (SSSR count). The highest BCUT2D eigenvalue weighted by Gasteiger charge is 2.17. The number of aromatic nitrogens is 1. The van der Waals surface area contributed by atoms with Gasteiger partial charge >= 0.3 is 6.09 Å². The molecule has 0 spiro atoms. The van der Waals surface area contributed by atoms with Crippen LogP contribution in [0.25, 0.3) is 11.3 Å². The third kappa shape index (κ3) is 5.30. The van der Waals surface area contributed by atoms with Crippen LogP contribution in [0.15, 0.2) is 83.5 Å². The Kier molecular flexibility index (Phi) is 7.13. The Bertz CT molecular complexity index is 1050. The first kappa shape index (κ1) is 20.3. The molecule has 1 heterocycles. The van der Waals surface area contributed by atoms with Crippen LogP contribution in [-0.2, 0) is 11.3 Å². The van der Waals surface area contributed by atoms with Crippen molar-refractivity contribution in [2.45, 2.75) is 13.5 Å². The molecular formula is C22H22N4O2S. The van der Waals surface area contributed by atoms with Gasteiger partial charge in [-0.3, -0.25) is 5.32 Å². The van der Waals surface area contributed by atoms with Gasteiger partial charge in [-0.2, -0.15) is 5.10 Å². The Morgan fingerprint density at radius 3 is 2.52 bits per heavy atom. The second-order valence-electron chi connectivity index (χ2n) is 5.93. The Labute approximate surface area is 173 Å². The van der Waals surface area contributed by atoms with Crippen molar-refractivity contribution in [1.82, 2.24) is 4.57 Å². The van der Waals surface area contributed by atoms with Crippen LogP contribution >= 0.6 is 11.3 Å². The summed E-state index contributed by atoms with van der Waals surface area (Å²) in [6, 6.07) is 19.5. The van der Waals surface area contributed by atoms with Crippen LogP contribution in [0.3, 0.4) is 0 Å². The fourth-order valence-corrected chi connectivity index (χ4v) is 3.70. The fourth-order valence-electron chi connectivity index (χ4n) is 2.70. The SMILES string of the molecule is C=CCn1c(-c2ccccc2)c(NC(=O)OCC)s/c1=N/N=C\c1ccccc1. The van der Waals surface area contributed by atoms with Crippen LogP contribution < -0.4 is 10.1 Å². The summed E-state index contributed by atoms with van der Waals surface area (Å²) in [6.45, 7) is 6.43. The summed E-state index contributed by atoms with van der Waals surface area (Å²) in [6.07, 6.45) is 2.97. The highest BCUT2D eigenvalue weighted by Crippen LogP contribution is 2.31. The minimum Gasteiger partial charge on any atom is -0.450 e. The normalized spacial score (nSPS) is 11.6. The van der Waals surface area contributed by atoms with Gasteiger partial charge in [0, 0.05) is 12.1 Å². The van der Waals surface area contributed by atoms with E-state index in [1.165, 1.54) is 11.3 Å². The largest absolute Gasteiger partial charge is 0.450 e. The lowest BCUT2D eigenvalue weighted by atomic mass is 10.1. The number of hydrogen-bond acceptors (Lipinski definition) is 5. The van der Waals surface area contributed by atoms with Crippen LogP contribution in [0, 0.1) is 0 Å². The molecule has 6 nitrogen and oxygen atoms in total. The zero-order valence-electron chi connectivity index (χ0n) is 16.1. The van der Waals surface area contributed by atoms with Crippen molar-refractivity contribution in [3.05, 3.63) is 83.7 Å². The van der Waals surface area contributed by atoms with Gasteiger partial charge in [0.05, 0.1) is 18.5 Å². The first-order chi connectivity index (χ1) is 14.2. The molecule has 1 N–H and O–H groups in total. The molecule has 0 fully saturated rings. The van der Waals surface area contributed by atoms with Gasteiger partial charge < -0.3 is 9.30 Å². The Morgan fingerprint density at radius 1 is 1.17 bits per heavy atom. The van der Waals surface area contributed by atoms with Gasteiger partial charge in [0.1, 0.15) is 5.00 Å². The summed E-state index contributed by atoms with van der Waals surface area (Å²) in [5, 5.41) is 12.1. The smallest absolute Gasteiger partial charge is 0.412 e. The van der Waals surface area contributed by atoms with E-state index in [2.05, 4.69) is 22.1 Å². The predicted octanol–water partition coefficient (Wildman–Crippen LogP) is 4.91. The molecule has 148 valence electrons. The topological polar surface area (TPSA) is 68.0 Å². The van der Waals surface area contributed by atoms with Crippen molar-refractivity contribution in [2.75, 3.05) is 11.9 Å². The molecule has 7 heteroatoms. The zero-order chi connectivity index (χ0) is 20.5. The Balaban J connectivity index is 2.09. The molecule has 0 aliphatic carbocycles. The van der Waals surface area contributed by atoms with Gasteiger partial charge in [0.2, 0.25) is 4.80 Å².